The van der Waals surface area contributed by atoms with E-state index in [-0.39, 0.29) is 0 Å². The highest BCUT2D eigenvalue weighted by Crippen LogP contribution is 2.31. The molecule has 0 unspecified atom stereocenters. The summed E-state index contributed by atoms with van der Waals surface area (Å²) < 4.78 is 38.0. The lowest BCUT2D eigenvalue weighted by atomic mass is 10.1. The van der Waals surface area contributed by atoms with Crippen molar-refractivity contribution in [2.45, 2.75) is 25.9 Å². The molecule has 0 fully saturated rings. The molecule has 0 spiro atoms. The highest BCUT2D eigenvalue weighted by molar-refractivity contribution is 5.81. The van der Waals surface area contributed by atoms with Crippen molar-refractivity contribution in [1.82, 2.24) is 9.97 Å². The molecule has 1 heterocycles. The molecule has 0 bridgehead atoms. The smallest absolute Gasteiger partial charge is 0.330 e. The van der Waals surface area contributed by atoms with Gasteiger partial charge in [-0.15, -0.1) is 0 Å². The van der Waals surface area contributed by atoms with E-state index in [9.17, 15) is 13.2 Å². The van der Waals surface area contributed by atoms with Crippen LogP contribution in [0.2, 0.25) is 0 Å². The zero-order chi connectivity index (χ0) is 14.0. The molecule has 0 amide bonds. The van der Waals surface area contributed by atoms with Crippen molar-refractivity contribution in [3.8, 4) is 0 Å². The van der Waals surface area contributed by atoms with E-state index < -0.39 is 11.7 Å². The van der Waals surface area contributed by atoms with Gasteiger partial charge >= 0.3 is 6.18 Å². The first-order chi connectivity index (χ1) is 8.91. The van der Waals surface area contributed by atoms with Gasteiger partial charge < -0.3 is 5.73 Å². The average Bonchev–Trinajstić information content (AvgIpc) is 2.33. The monoisotopic (exact) mass is 269 g/mol. The fourth-order valence-corrected chi connectivity index (χ4v) is 1.96. The molecule has 6 heteroatoms. The molecule has 2 N–H and O–H groups in total. The lowest BCUT2D eigenvalue weighted by Gasteiger charge is -2.10. The Morgan fingerprint density at radius 3 is 2.58 bits per heavy atom. The van der Waals surface area contributed by atoms with E-state index in [4.69, 9.17) is 5.73 Å². The molecule has 102 valence electrons. The van der Waals surface area contributed by atoms with Gasteiger partial charge in [-0.1, -0.05) is 6.07 Å². The van der Waals surface area contributed by atoms with Crippen LogP contribution in [0.3, 0.4) is 0 Å². The lowest BCUT2D eigenvalue weighted by Crippen LogP contribution is -2.07. The average molecular weight is 269 g/mol. The standard InChI is InChI=1S/C13H14F3N3/c1-8-18-11(3-2-6-17)10-5-4-9(13(14,15)16)7-12(10)19-8/h4-5,7H,2-3,6,17H2,1H3. The molecule has 19 heavy (non-hydrogen) atoms. The number of aromatic nitrogens is 2. The number of benzene rings is 1. The number of rotatable bonds is 3. The van der Waals surface area contributed by atoms with Gasteiger partial charge in [0.2, 0.25) is 0 Å². The summed E-state index contributed by atoms with van der Waals surface area (Å²) in [5.74, 6) is 0.471. The van der Waals surface area contributed by atoms with Crippen molar-refractivity contribution in [1.29, 1.82) is 0 Å². The Hall–Kier alpha value is -1.69. The molecule has 0 saturated heterocycles. The molecule has 0 saturated carbocycles. The zero-order valence-electron chi connectivity index (χ0n) is 10.5. The van der Waals surface area contributed by atoms with Gasteiger partial charge in [-0.2, -0.15) is 13.2 Å². The lowest BCUT2D eigenvalue weighted by molar-refractivity contribution is -0.137. The summed E-state index contributed by atoms with van der Waals surface area (Å²) >= 11 is 0. The second-order valence-electron chi connectivity index (χ2n) is 4.34. The van der Waals surface area contributed by atoms with Gasteiger partial charge in [0.15, 0.2) is 0 Å². The summed E-state index contributed by atoms with van der Waals surface area (Å²) in [6.45, 7) is 2.19. The van der Waals surface area contributed by atoms with E-state index in [0.29, 0.717) is 29.7 Å². The summed E-state index contributed by atoms with van der Waals surface area (Å²) in [5, 5.41) is 0.659. The van der Waals surface area contributed by atoms with Crippen molar-refractivity contribution in [3.05, 3.63) is 35.3 Å². The second kappa shape index (κ2) is 5.13. The quantitative estimate of drug-likeness (QED) is 0.932. The van der Waals surface area contributed by atoms with E-state index in [1.807, 2.05) is 0 Å². The minimum atomic E-state index is -4.36. The van der Waals surface area contributed by atoms with Crippen LogP contribution in [-0.2, 0) is 12.6 Å². The van der Waals surface area contributed by atoms with E-state index in [0.717, 1.165) is 24.2 Å². The molecule has 3 nitrogen and oxygen atoms in total. The van der Waals surface area contributed by atoms with E-state index in [2.05, 4.69) is 9.97 Å². The van der Waals surface area contributed by atoms with Crippen LogP contribution in [0.4, 0.5) is 13.2 Å². The van der Waals surface area contributed by atoms with E-state index >= 15 is 0 Å². The normalized spacial score (nSPS) is 12.1. The van der Waals surface area contributed by atoms with Gasteiger partial charge in [-0.3, -0.25) is 0 Å². The van der Waals surface area contributed by atoms with Crippen molar-refractivity contribution in [2.24, 2.45) is 5.73 Å². The third-order valence-electron chi connectivity index (χ3n) is 2.83. The van der Waals surface area contributed by atoms with Crippen LogP contribution < -0.4 is 5.73 Å². The summed E-state index contributed by atoms with van der Waals surface area (Å²) in [4.78, 5) is 8.36. The first-order valence-electron chi connectivity index (χ1n) is 5.96. The number of alkyl halides is 3. The molecule has 0 aliphatic heterocycles. The largest absolute Gasteiger partial charge is 0.416 e. The summed E-state index contributed by atoms with van der Waals surface area (Å²) in [6, 6.07) is 3.56. The minimum absolute atomic E-state index is 0.328. The zero-order valence-corrected chi connectivity index (χ0v) is 10.5. The molecule has 1 aromatic heterocycles. The van der Waals surface area contributed by atoms with Crippen molar-refractivity contribution in [2.75, 3.05) is 6.54 Å². The van der Waals surface area contributed by atoms with Crippen molar-refractivity contribution >= 4 is 10.9 Å². The number of halogens is 3. The number of fused-ring (bicyclic) bond motifs is 1. The third kappa shape index (κ3) is 3.01. The highest BCUT2D eigenvalue weighted by Gasteiger charge is 2.30. The molecule has 0 aliphatic rings. The molecule has 0 radical (unpaired) electrons. The number of hydrogen-bond acceptors (Lipinski definition) is 3. The predicted molar refractivity (Wildman–Crippen MR) is 66.7 cm³/mol. The summed E-state index contributed by atoms with van der Waals surface area (Å²) in [7, 11) is 0. The van der Waals surface area contributed by atoms with Crippen LogP contribution in [0, 0.1) is 6.92 Å². The van der Waals surface area contributed by atoms with Crippen LogP contribution in [-0.4, -0.2) is 16.5 Å². The Bertz CT molecular complexity index is 593. The topological polar surface area (TPSA) is 51.8 Å². The first-order valence-corrected chi connectivity index (χ1v) is 5.96. The Morgan fingerprint density at radius 2 is 1.95 bits per heavy atom. The molecule has 0 atom stereocenters. The first kappa shape index (κ1) is 13.7. The maximum atomic E-state index is 12.7. The number of nitrogens with zero attached hydrogens (tertiary/aromatic N) is 2. The van der Waals surface area contributed by atoms with Gasteiger partial charge in [-0.25, -0.2) is 9.97 Å². The Balaban J connectivity index is 2.55. The summed E-state index contributed by atoms with van der Waals surface area (Å²) in [5.41, 5.74) is 5.84. The maximum Gasteiger partial charge on any atom is 0.416 e. The van der Waals surface area contributed by atoms with Crippen LogP contribution in [0.1, 0.15) is 23.5 Å². The Kier molecular flexibility index (Phi) is 3.71. The molecule has 2 rings (SSSR count). The highest BCUT2D eigenvalue weighted by atomic mass is 19.4. The molecule has 2 aromatic rings. The van der Waals surface area contributed by atoms with E-state index in [1.54, 1.807) is 6.92 Å². The van der Waals surface area contributed by atoms with Crippen LogP contribution >= 0.6 is 0 Å². The maximum absolute atomic E-state index is 12.7. The number of nitrogens with two attached hydrogens (primary N) is 1. The van der Waals surface area contributed by atoms with Crippen LogP contribution in [0.25, 0.3) is 10.9 Å². The fourth-order valence-electron chi connectivity index (χ4n) is 1.96. The Labute approximate surface area is 108 Å². The van der Waals surface area contributed by atoms with Gasteiger partial charge in [0.1, 0.15) is 5.82 Å². The SMILES string of the molecule is Cc1nc(CCCN)c2ccc(C(F)(F)F)cc2n1. The van der Waals surface area contributed by atoms with Gasteiger partial charge in [0.25, 0.3) is 0 Å². The third-order valence-corrected chi connectivity index (χ3v) is 2.83. The van der Waals surface area contributed by atoms with Crippen molar-refractivity contribution in [3.63, 3.8) is 0 Å². The minimum Gasteiger partial charge on any atom is -0.330 e. The van der Waals surface area contributed by atoms with Crippen LogP contribution in [0.5, 0.6) is 0 Å². The predicted octanol–water partition coefficient (Wildman–Crippen LogP) is 2.85. The Morgan fingerprint density at radius 1 is 1.21 bits per heavy atom. The van der Waals surface area contributed by atoms with Crippen molar-refractivity contribution < 1.29 is 13.2 Å². The van der Waals surface area contributed by atoms with Gasteiger partial charge in [-0.05, 0) is 38.4 Å². The van der Waals surface area contributed by atoms with E-state index in [1.165, 1.54) is 6.07 Å². The number of aryl methyl sites for hydroxylation is 2. The molecular weight excluding hydrogens is 255 g/mol. The fraction of sp³-hybridized carbons (Fsp3) is 0.385. The molecular formula is C13H14F3N3. The van der Waals surface area contributed by atoms with Crippen LogP contribution in [0.15, 0.2) is 18.2 Å². The molecule has 0 aliphatic carbocycles. The number of hydrogen-bond donors (Lipinski definition) is 1. The summed E-state index contributed by atoms with van der Waals surface area (Å²) in [6.07, 6.45) is -2.97. The second-order valence-corrected chi connectivity index (χ2v) is 4.34. The molecule has 1 aromatic carbocycles. The van der Waals surface area contributed by atoms with Gasteiger partial charge in [0.05, 0.1) is 16.8 Å². The van der Waals surface area contributed by atoms with Gasteiger partial charge in [0, 0.05) is 5.39 Å².